The zero-order valence-electron chi connectivity index (χ0n) is 13.0. The molecule has 0 amide bonds. The predicted molar refractivity (Wildman–Crippen MR) is 96.9 cm³/mol. The second-order valence-electron chi connectivity index (χ2n) is 5.24. The molecule has 0 aliphatic carbocycles. The highest BCUT2D eigenvalue weighted by Gasteiger charge is 2.20. The Hall–Kier alpha value is -1.70. The molecule has 2 heterocycles. The second kappa shape index (κ2) is 6.07. The Morgan fingerprint density at radius 2 is 1.87 bits per heavy atom. The average Bonchev–Trinajstić information content (AvgIpc) is 3.05. The fourth-order valence-electron chi connectivity index (χ4n) is 2.35. The second-order valence-corrected chi connectivity index (χ2v) is 9.21. The van der Waals surface area contributed by atoms with Crippen LogP contribution in [0.5, 0.6) is 0 Å². The third-order valence-corrected chi connectivity index (χ3v) is 6.88. The molecule has 0 saturated carbocycles. The van der Waals surface area contributed by atoms with E-state index in [0.717, 1.165) is 26.6 Å². The van der Waals surface area contributed by atoms with Crippen LogP contribution in [0.2, 0.25) is 0 Å². The summed E-state index contributed by atoms with van der Waals surface area (Å²) >= 11 is 2.76. The van der Waals surface area contributed by atoms with Crippen molar-refractivity contribution in [2.24, 2.45) is 0 Å². The average molecular weight is 365 g/mol. The Labute approximate surface area is 143 Å². The van der Waals surface area contributed by atoms with Crippen LogP contribution in [0.25, 0.3) is 11.3 Å². The van der Waals surface area contributed by atoms with Gasteiger partial charge in [0.25, 0.3) is 10.0 Å². The van der Waals surface area contributed by atoms with E-state index in [1.165, 1.54) is 22.7 Å². The van der Waals surface area contributed by atoms with Crippen molar-refractivity contribution in [2.45, 2.75) is 25.7 Å². The Morgan fingerprint density at radius 1 is 1.13 bits per heavy atom. The summed E-state index contributed by atoms with van der Waals surface area (Å²) in [6.07, 6.45) is 0. The minimum Gasteiger partial charge on any atom is -0.255 e. The minimum atomic E-state index is -3.59. The van der Waals surface area contributed by atoms with E-state index in [9.17, 15) is 8.42 Å². The van der Waals surface area contributed by atoms with E-state index in [0.29, 0.717) is 10.0 Å². The Bertz CT molecular complexity index is 955. The molecule has 2 aromatic heterocycles. The third kappa shape index (κ3) is 3.31. The molecule has 3 rings (SSSR count). The minimum absolute atomic E-state index is 0.327. The molecular weight excluding hydrogens is 348 g/mol. The molecule has 3 aromatic rings. The summed E-state index contributed by atoms with van der Waals surface area (Å²) in [6.45, 7) is 5.72. The first kappa shape index (κ1) is 16.2. The van der Waals surface area contributed by atoms with Crippen LogP contribution in [0, 0.1) is 20.8 Å². The Kier molecular flexibility index (Phi) is 4.27. The molecule has 0 aliphatic heterocycles. The van der Waals surface area contributed by atoms with Crippen LogP contribution in [0.3, 0.4) is 0 Å². The first-order valence-electron chi connectivity index (χ1n) is 6.98. The van der Waals surface area contributed by atoms with Crippen molar-refractivity contribution in [1.82, 2.24) is 4.98 Å². The molecule has 0 saturated heterocycles. The number of nitrogens with one attached hydrogen (secondary N) is 1. The number of hydrogen-bond acceptors (Lipinski definition) is 5. The number of hydrogen-bond donors (Lipinski definition) is 1. The summed E-state index contributed by atoms with van der Waals surface area (Å²) in [7, 11) is -3.59. The van der Waals surface area contributed by atoms with Crippen LogP contribution in [0.15, 0.2) is 40.6 Å². The van der Waals surface area contributed by atoms with Crippen molar-refractivity contribution < 1.29 is 8.42 Å². The fourth-order valence-corrected chi connectivity index (χ4v) is 5.87. The number of benzene rings is 1. The highest BCUT2D eigenvalue weighted by molar-refractivity contribution is 7.93. The van der Waals surface area contributed by atoms with Crippen molar-refractivity contribution in [2.75, 3.05) is 4.72 Å². The van der Waals surface area contributed by atoms with E-state index >= 15 is 0 Å². The monoisotopic (exact) mass is 364 g/mol. The molecule has 7 heteroatoms. The number of nitrogens with zero attached hydrogens (tertiary/aromatic N) is 1. The number of thiazole rings is 1. The van der Waals surface area contributed by atoms with E-state index in [2.05, 4.69) is 9.71 Å². The summed E-state index contributed by atoms with van der Waals surface area (Å²) in [5.41, 5.74) is 2.90. The lowest BCUT2D eigenvalue weighted by Gasteiger charge is -2.04. The maximum Gasteiger partial charge on any atom is 0.264 e. The summed E-state index contributed by atoms with van der Waals surface area (Å²) < 4.78 is 27.6. The molecule has 0 atom stereocenters. The van der Waals surface area contributed by atoms with Gasteiger partial charge in [-0.05, 0) is 32.4 Å². The lowest BCUT2D eigenvalue weighted by Crippen LogP contribution is -2.12. The fraction of sp³-hybridized carbons (Fsp3) is 0.188. The topological polar surface area (TPSA) is 59.1 Å². The molecule has 0 bridgehead atoms. The van der Waals surface area contributed by atoms with Gasteiger partial charge in [-0.1, -0.05) is 24.3 Å². The Morgan fingerprint density at radius 3 is 2.52 bits per heavy atom. The van der Waals surface area contributed by atoms with Gasteiger partial charge < -0.3 is 0 Å². The zero-order chi connectivity index (χ0) is 16.6. The van der Waals surface area contributed by atoms with Crippen LogP contribution in [0.1, 0.15) is 15.3 Å². The number of thiophene rings is 1. The molecule has 0 aliphatic rings. The van der Waals surface area contributed by atoms with Crippen molar-refractivity contribution in [3.05, 3.63) is 51.0 Å². The third-order valence-electron chi connectivity index (χ3n) is 3.43. The van der Waals surface area contributed by atoms with Crippen LogP contribution in [-0.4, -0.2) is 13.4 Å². The molecule has 0 radical (unpaired) electrons. The van der Waals surface area contributed by atoms with E-state index in [1.807, 2.05) is 50.4 Å². The molecular formula is C16H16N2O2S3. The number of aryl methyl sites for hydroxylation is 3. The number of rotatable bonds is 4. The quantitative estimate of drug-likeness (QED) is 0.736. The SMILES string of the molecule is Cc1cc(S(=O)(=O)Nc2nc(-c3ccccc3C)cs2)c(C)s1. The number of anilines is 1. The first-order valence-corrected chi connectivity index (χ1v) is 10.2. The van der Waals surface area contributed by atoms with Crippen molar-refractivity contribution in [1.29, 1.82) is 0 Å². The van der Waals surface area contributed by atoms with Gasteiger partial charge in [0.2, 0.25) is 0 Å². The molecule has 1 N–H and O–H groups in total. The molecule has 0 unspecified atom stereocenters. The van der Waals surface area contributed by atoms with Crippen LogP contribution in [0.4, 0.5) is 5.13 Å². The summed E-state index contributed by atoms with van der Waals surface area (Å²) in [5, 5.41) is 2.25. The van der Waals surface area contributed by atoms with Crippen LogP contribution < -0.4 is 4.72 Å². The highest BCUT2D eigenvalue weighted by Crippen LogP contribution is 2.30. The summed E-state index contributed by atoms with van der Waals surface area (Å²) in [6, 6.07) is 9.60. The normalized spacial score (nSPS) is 11.6. The van der Waals surface area contributed by atoms with E-state index in [4.69, 9.17) is 0 Å². The van der Waals surface area contributed by atoms with E-state index in [1.54, 1.807) is 6.07 Å². The first-order chi connectivity index (χ1) is 10.9. The van der Waals surface area contributed by atoms with Crippen molar-refractivity contribution >= 4 is 37.8 Å². The summed E-state index contributed by atoms with van der Waals surface area (Å²) in [5.74, 6) is 0. The standard InChI is InChI=1S/C16H16N2O2S3/c1-10-6-4-5-7-13(10)14-9-21-16(17-14)18-23(19,20)15-8-11(2)22-12(15)3/h4-9H,1-3H3,(H,17,18). The Balaban J connectivity index is 1.90. The van der Waals surface area contributed by atoms with Crippen LogP contribution >= 0.6 is 22.7 Å². The maximum absolute atomic E-state index is 12.5. The van der Waals surface area contributed by atoms with Gasteiger partial charge in [0.05, 0.1) is 5.69 Å². The van der Waals surface area contributed by atoms with Gasteiger partial charge in [0.15, 0.2) is 5.13 Å². The van der Waals surface area contributed by atoms with Gasteiger partial charge in [-0.3, -0.25) is 4.72 Å². The molecule has 23 heavy (non-hydrogen) atoms. The number of aromatic nitrogens is 1. The summed E-state index contributed by atoms with van der Waals surface area (Å²) in [4.78, 5) is 6.50. The molecule has 0 fully saturated rings. The lowest BCUT2D eigenvalue weighted by atomic mass is 10.1. The molecule has 1 aromatic carbocycles. The van der Waals surface area contributed by atoms with Gasteiger partial charge in [-0.25, -0.2) is 13.4 Å². The van der Waals surface area contributed by atoms with Crippen LogP contribution in [-0.2, 0) is 10.0 Å². The van der Waals surface area contributed by atoms with E-state index < -0.39 is 10.0 Å². The van der Waals surface area contributed by atoms with Gasteiger partial charge in [-0.15, -0.1) is 22.7 Å². The molecule has 4 nitrogen and oxygen atoms in total. The lowest BCUT2D eigenvalue weighted by molar-refractivity contribution is 0.601. The van der Waals surface area contributed by atoms with E-state index in [-0.39, 0.29) is 0 Å². The number of sulfonamides is 1. The van der Waals surface area contributed by atoms with Crippen molar-refractivity contribution in [3.8, 4) is 11.3 Å². The smallest absolute Gasteiger partial charge is 0.255 e. The van der Waals surface area contributed by atoms with Gasteiger partial charge in [-0.2, -0.15) is 0 Å². The zero-order valence-corrected chi connectivity index (χ0v) is 15.4. The van der Waals surface area contributed by atoms with Gasteiger partial charge >= 0.3 is 0 Å². The highest BCUT2D eigenvalue weighted by atomic mass is 32.2. The predicted octanol–water partition coefficient (Wildman–Crippen LogP) is 4.60. The van der Waals surface area contributed by atoms with Gasteiger partial charge in [0.1, 0.15) is 4.90 Å². The largest absolute Gasteiger partial charge is 0.264 e. The van der Waals surface area contributed by atoms with Gasteiger partial charge in [0, 0.05) is 20.7 Å². The molecule has 0 spiro atoms. The maximum atomic E-state index is 12.5. The molecule has 120 valence electrons. The van der Waals surface area contributed by atoms with Crippen molar-refractivity contribution in [3.63, 3.8) is 0 Å².